The molecule has 0 aromatic carbocycles. The molecule has 20 heavy (non-hydrogen) atoms. The number of aliphatic imine (C=N–C) groups is 1. The molecule has 0 spiro atoms. The predicted octanol–water partition coefficient (Wildman–Crippen LogP) is 2.68. The molecule has 0 bridgehead atoms. The van der Waals surface area contributed by atoms with Crippen LogP contribution >= 0.6 is 35.7 Å². The van der Waals surface area contributed by atoms with Gasteiger partial charge in [0, 0.05) is 33.8 Å². The normalized spacial score (nSPS) is 14.8. The van der Waals surface area contributed by atoms with Crippen LogP contribution in [0.5, 0.6) is 0 Å². The van der Waals surface area contributed by atoms with E-state index < -0.39 is 0 Å². The highest BCUT2D eigenvalue weighted by Crippen LogP contribution is 2.28. The van der Waals surface area contributed by atoms with E-state index in [-0.39, 0.29) is 24.0 Å². The molecule has 0 aromatic rings. The van der Waals surface area contributed by atoms with Crippen LogP contribution in [0.4, 0.5) is 0 Å². The fraction of sp³-hybridized carbons (Fsp3) is 0.929. The van der Waals surface area contributed by atoms with E-state index in [1.165, 1.54) is 31.4 Å². The molecule has 0 saturated heterocycles. The van der Waals surface area contributed by atoms with Crippen molar-refractivity contribution in [1.82, 2.24) is 10.2 Å². The molecule has 0 radical (unpaired) electrons. The first kappa shape index (κ1) is 20.3. The quantitative estimate of drug-likeness (QED) is 0.258. The Bertz CT molecular complexity index is 263. The van der Waals surface area contributed by atoms with Crippen LogP contribution in [-0.4, -0.2) is 63.3 Å². The number of ether oxygens (including phenoxy) is 1. The second-order valence-corrected chi connectivity index (χ2v) is 6.10. The number of rotatable bonds is 10. The lowest BCUT2D eigenvalue weighted by molar-refractivity contribution is 0.115. The van der Waals surface area contributed by atoms with Crippen LogP contribution < -0.4 is 5.32 Å². The molecule has 1 aliphatic carbocycles. The van der Waals surface area contributed by atoms with Gasteiger partial charge >= 0.3 is 0 Å². The predicted molar refractivity (Wildman–Crippen MR) is 101 cm³/mol. The summed E-state index contributed by atoms with van der Waals surface area (Å²) in [5, 5.41) is 3.40. The molecule has 1 aliphatic rings. The van der Waals surface area contributed by atoms with E-state index in [9.17, 15) is 0 Å². The fourth-order valence-electron chi connectivity index (χ4n) is 1.80. The van der Waals surface area contributed by atoms with Crippen LogP contribution in [-0.2, 0) is 4.74 Å². The van der Waals surface area contributed by atoms with Gasteiger partial charge in [-0.15, -0.1) is 24.0 Å². The third-order valence-electron chi connectivity index (χ3n) is 3.25. The smallest absolute Gasteiger partial charge is 0.193 e. The van der Waals surface area contributed by atoms with E-state index in [1.54, 1.807) is 0 Å². The van der Waals surface area contributed by atoms with Crippen molar-refractivity contribution in [2.75, 3.05) is 52.4 Å². The maximum atomic E-state index is 5.65. The number of likely N-dealkylation sites (N-methyl/N-ethyl adjacent to an activating group) is 1. The van der Waals surface area contributed by atoms with Gasteiger partial charge < -0.3 is 15.0 Å². The molecule has 6 heteroatoms. The molecule has 0 aromatic heterocycles. The van der Waals surface area contributed by atoms with Gasteiger partial charge in [0.2, 0.25) is 0 Å². The van der Waals surface area contributed by atoms with E-state index in [1.807, 2.05) is 18.8 Å². The largest absolute Gasteiger partial charge is 0.379 e. The van der Waals surface area contributed by atoms with E-state index in [0.29, 0.717) is 0 Å². The summed E-state index contributed by atoms with van der Waals surface area (Å²) in [5.41, 5.74) is 0. The Morgan fingerprint density at radius 1 is 1.40 bits per heavy atom. The molecule has 1 rings (SSSR count). The maximum Gasteiger partial charge on any atom is 0.193 e. The van der Waals surface area contributed by atoms with E-state index in [0.717, 1.165) is 38.2 Å². The number of unbranched alkanes of at least 4 members (excludes halogenated alkanes) is 1. The highest BCUT2D eigenvalue weighted by atomic mass is 127. The third-order valence-corrected chi connectivity index (χ3v) is 3.95. The summed E-state index contributed by atoms with van der Waals surface area (Å²) in [6.07, 6.45) is 7.33. The standard InChI is InChI=1S/C14H29N3OS.HI/c1-15-14(16-8-4-5-11-19-3)17(2)9-10-18-12-13-6-7-13;/h13H,4-12H2,1-3H3,(H,15,16);1H. The van der Waals surface area contributed by atoms with Crippen molar-refractivity contribution in [3.63, 3.8) is 0 Å². The van der Waals surface area contributed by atoms with Gasteiger partial charge in [0.15, 0.2) is 5.96 Å². The summed E-state index contributed by atoms with van der Waals surface area (Å²) in [5.74, 6) is 3.06. The number of halogens is 1. The average Bonchev–Trinajstić information content (AvgIpc) is 3.23. The van der Waals surface area contributed by atoms with Crippen LogP contribution in [0.25, 0.3) is 0 Å². The van der Waals surface area contributed by atoms with Gasteiger partial charge in [-0.1, -0.05) is 0 Å². The van der Waals surface area contributed by atoms with E-state index in [4.69, 9.17) is 4.74 Å². The zero-order valence-electron chi connectivity index (χ0n) is 13.1. The minimum atomic E-state index is 0. The highest BCUT2D eigenvalue weighted by Gasteiger charge is 2.21. The van der Waals surface area contributed by atoms with Gasteiger partial charge in [0.1, 0.15) is 0 Å². The minimum absolute atomic E-state index is 0. The van der Waals surface area contributed by atoms with E-state index >= 15 is 0 Å². The summed E-state index contributed by atoms with van der Waals surface area (Å²) in [6, 6.07) is 0. The van der Waals surface area contributed by atoms with Crippen LogP contribution in [0, 0.1) is 5.92 Å². The van der Waals surface area contributed by atoms with Crippen molar-refractivity contribution in [3.8, 4) is 0 Å². The topological polar surface area (TPSA) is 36.9 Å². The molecule has 0 aliphatic heterocycles. The highest BCUT2D eigenvalue weighted by molar-refractivity contribution is 14.0. The fourth-order valence-corrected chi connectivity index (χ4v) is 2.29. The van der Waals surface area contributed by atoms with Crippen molar-refractivity contribution in [2.24, 2.45) is 10.9 Å². The lowest BCUT2D eigenvalue weighted by Crippen LogP contribution is -2.41. The Balaban J connectivity index is 0.00000361. The molecular weight excluding hydrogens is 385 g/mol. The first-order valence-electron chi connectivity index (χ1n) is 7.26. The number of guanidine groups is 1. The van der Waals surface area contributed by atoms with Gasteiger partial charge in [-0.25, -0.2) is 0 Å². The Labute approximate surface area is 145 Å². The maximum absolute atomic E-state index is 5.65. The molecule has 1 saturated carbocycles. The second kappa shape index (κ2) is 13.0. The monoisotopic (exact) mass is 415 g/mol. The molecule has 0 amide bonds. The number of hydrogen-bond acceptors (Lipinski definition) is 3. The average molecular weight is 415 g/mol. The summed E-state index contributed by atoms with van der Waals surface area (Å²) >= 11 is 1.91. The first-order chi connectivity index (χ1) is 9.27. The van der Waals surface area contributed by atoms with Gasteiger partial charge in [0.25, 0.3) is 0 Å². The summed E-state index contributed by atoms with van der Waals surface area (Å²) in [6.45, 7) is 3.63. The molecule has 4 nitrogen and oxygen atoms in total. The zero-order chi connectivity index (χ0) is 13.9. The van der Waals surface area contributed by atoms with Crippen molar-refractivity contribution in [1.29, 1.82) is 0 Å². The molecule has 1 fully saturated rings. The summed E-state index contributed by atoms with van der Waals surface area (Å²) in [4.78, 5) is 6.44. The van der Waals surface area contributed by atoms with Crippen molar-refractivity contribution >= 4 is 41.7 Å². The van der Waals surface area contributed by atoms with Gasteiger partial charge in [0.05, 0.1) is 6.61 Å². The number of nitrogens with one attached hydrogen (secondary N) is 1. The van der Waals surface area contributed by atoms with Crippen LogP contribution in [0.3, 0.4) is 0 Å². The lowest BCUT2D eigenvalue weighted by Gasteiger charge is -2.22. The molecular formula is C14H30IN3OS. The van der Waals surface area contributed by atoms with E-state index in [2.05, 4.69) is 28.5 Å². The molecule has 0 heterocycles. The third kappa shape index (κ3) is 10.1. The molecule has 120 valence electrons. The minimum Gasteiger partial charge on any atom is -0.379 e. The second-order valence-electron chi connectivity index (χ2n) is 5.11. The Kier molecular flexibility index (Phi) is 13.2. The first-order valence-corrected chi connectivity index (χ1v) is 8.65. The van der Waals surface area contributed by atoms with Gasteiger partial charge in [-0.2, -0.15) is 11.8 Å². The van der Waals surface area contributed by atoms with Gasteiger partial charge in [-0.05, 0) is 43.6 Å². The Hall–Kier alpha value is 0.310. The number of thioether (sulfide) groups is 1. The Morgan fingerprint density at radius 2 is 2.15 bits per heavy atom. The summed E-state index contributed by atoms with van der Waals surface area (Å²) < 4.78 is 5.65. The lowest BCUT2D eigenvalue weighted by atomic mass is 10.3. The molecule has 0 unspecified atom stereocenters. The zero-order valence-corrected chi connectivity index (χ0v) is 16.2. The van der Waals surface area contributed by atoms with Crippen LogP contribution in [0.1, 0.15) is 25.7 Å². The molecule has 0 atom stereocenters. The van der Waals surface area contributed by atoms with Gasteiger partial charge in [-0.3, -0.25) is 4.99 Å². The number of hydrogen-bond donors (Lipinski definition) is 1. The van der Waals surface area contributed by atoms with Crippen molar-refractivity contribution in [3.05, 3.63) is 0 Å². The summed E-state index contributed by atoms with van der Waals surface area (Å²) in [7, 11) is 3.91. The SMILES string of the molecule is CN=C(NCCCCSC)N(C)CCOCC1CC1.I. The van der Waals surface area contributed by atoms with Crippen LogP contribution in [0.2, 0.25) is 0 Å². The number of nitrogens with zero attached hydrogens (tertiary/aromatic N) is 2. The van der Waals surface area contributed by atoms with Crippen molar-refractivity contribution in [2.45, 2.75) is 25.7 Å². The molecule has 1 N–H and O–H groups in total. The van der Waals surface area contributed by atoms with Crippen LogP contribution in [0.15, 0.2) is 4.99 Å². The Morgan fingerprint density at radius 3 is 2.75 bits per heavy atom. The van der Waals surface area contributed by atoms with Crippen molar-refractivity contribution < 1.29 is 4.74 Å².